The van der Waals surface area contributed by atoms with E-state index in [0.717, 1.165) is 0 Å². The van der Waals surface area contributed by atoms with Gasteiger partial charge in [0, 0.05) is 12.3 Å². The van der Waals surface area contributed by atoms with Crippen molar-refractivity contribution < 1.29 is 9.53 Å². The van der Waals surface area contributed by atoms with Crippen LogP contribution in [-0.4, -0.2) is 22.4 Å². The van der Waals surface area contributed by atoms with Gasteiger partial charge in [0.25, 0.3) is 5.56 Å². The average Bonchev–Trinajstić information content (AvgIpc) is 2.41. The highest BCUT2D eigenvalue weighted by Gasteiger charge is 2.12. The van der Waals surface area contributed by atoms with Gasteiger partial charge >= 0.3 is 0 Å². The van der Waals surface area contributed by atoms with Crippen molar-refractivity contribution in [3.8, 4) is 5.75 Å². The molecule has 1 aromatic heterocycles. The van der Waals surface area contributed by atoms with E-state index >= 15 is 0 Å². The van der Waals surface area contributed by atoms with Crippen molar-refractivity contribution in [1.29, 1.82) is 0 Å². The summed E-state index contributed by atoms with van der Waals surface area (Å²) in [5.41, 5.74) is 0.198. The molecule has 2 aromatic rings. The third kappa shape index (κ3) is 2.45. The van der Waals surface area contributed by atoms with Crippen LogP contribution in [-0.2, 0) is 6.54 Å². The molecule has 0 saturated heterocycles. The summed E-state index contributed by atoms with van der Waals surface area (Å²) in [4.78, 5) is 27.4. The summed E-state index contributed by atoms with van der Waals surface area (Å²) < 4.78 is 6.37. The number of methoxy groups -OCH3 is 1. The number of hydrogen-bond donors (Lipinski definition) is 0. The Morgan fingerprint density at radius 3 is 2.83 bits per heavy atom. The second-order valence-corrected chi connectivity index (χ2v) is 3.67. The molecule has 0 amide bonds. The van der Waals surface area contributed by atoms with Gasteiger partial charge in [-0.05, 0) is 12.1 Å². The zero-order valence-electron chi connectivity index (χ0n) is 9.87. The van der Waals surface area contributed by atoms with Gasteiger partial charge < -0.3 is 4.74 Å². The monoisotopic (exact) mass is 244 g/mol. The van der Waals surface area contributed by atoms with Crippen molar-refractivity contribution >= 4 is 5.78 Å². The van der Waals surface area contributed by atoms with Gasteiger partial charge in [0.05, 0.1) is 25.5 Å². The summed E-state index contributed by atoms with van der Waals surface area (Å²) in [7, 11) is 1.50. The van der Waals surface area contributed by atoms with Gasteiger partial charge in [-0.15, -0.1) is 0 Å². The molecule has 0 unspecified atom stereocenters. The van der Waals surface area contributed by atoms with E-state index in [9.17, 15) is 9.59 Å². The van der Waals surface area contributed by atoms with Crippen molar-refractivity contribution in [2.75, 3.05) is 7.11 Å². The van der Waals surface area contributed by atoms with Crippen LogP contribution in [0.1, 0.15) is 10.4 Å². The average molecular weight is 244 g/mol. The SMILES string of the molecule is COc1ccccc1C(=O)Cn1cnccc1=O. The highest BCUT2D eigenvalue weighted by Crippen LogP contribution is 2.17. The lowest BCUT2D eigenvalue weighted by Gasteiger charge is -2.08. The number of para-hydroxylation sites is 1. The summed E-state index contributed by atoms with van der Waals surface area (Å²) >= 11 is 0. The summed E-state index contributed by atoms with van der Waals surface area (Å²) in [5.74, 6) is 0.307. The topological polar surface area (TPSA) is 61.2 Å². The molecule has 18 heavy (non-hydrogen) atoms. The second kappa shape index (κ2) is 5.27. The fourth-order valence-corrected chi connectivity index (χ4v) is 1.61. The normalized spacial score (nSPS) is 10.1. The lowest BCUT2D eigenvalue weighted by Crippen LogP contribution is -2.23. The summed E-state index contributed by atoms with van der Waals surface area (Å²) in [6, 6.07) is 8.23. The zero-order chi connectivity index (χ0) is 13.0. The van der Waals surface area contributed by atoms with E-state index in [1.54, 1.807) is 24.3 Å². The Hall–Kier alpha value is -2.43. The van der Waals surface area contributed by atoms with Crippen LogP contribution in [0.2, 0.25) is 0 Å². The van der Waals surface area contributed by atoms with Crippen LogP contribution in [0, 0.1) is 0 Å². The Morgan fingerprint density at radius 1 is 1.33 bits per heavy atom. The molecule has 0 fully saturated rings. The Balaban J connectivity index is 2.28. The zero-order valence-corrected chi connectivity index (χ0v) is 9.87. The van der Waals surface area contributed by atoms with E-state index < -0.39 is 0 Å². The molecule has 1 aromatic carbocycles. The molecular formula is C13H12N2O3. The van der Waals surface area contributed by atoms with Crippen LogP contribution in [0.4, 0.5) is 0 Å². The number of benzene rings is 1. The molecule has 92 valence electrons. The van der Waals surface area contributed by atoms with E-state index in [0.29, 0.717) is 11.3 Å². The van der Waals surface area contributed by atoms with Gasteiger partial charge in [-0.3, -0.25) is 14.2 Å². The number of ketones is 1. The number of aromatic nitrogens is 2. The number of rotatable bonds is 4. The minimum Gasteiger partial charge on any atom is -0.496 e. The van der Waals surface area contributed by atoms with Crippen molar-refractivity contribution in [2.24, 2.45) is 0 Å². The van der Waals surface area contributed by atoms with E-state index in [1.165, 1.54) is 30.3 Å². The Kier molecular flexibility index (Phi) is 3.52. The second-order valence-electron chi connectivity index (χ2n) is 3.67. The Bertz CT molecular complexity index is 619. The first-order valence-electron chi connectivity index (χ1n) is 5.39. The molecule has 0 bridgehead atoms. The standard InChI is InChI=1S/C13H12N2O3/c1-18-12-5-3-2-4-10(12)11(16)8-15-9-14-7-6-13(15)17/h2-7,9H,8H2,1H3. The van der Waals surface area contributed by atoms with Crippen molar-refractivity contribution in [1.82, 2.24) is 9.55 Å². The van der Waals surface area contributed by atoms with Gasteiger partial charge in [-0.25, -0.2) is 4.98 Å². The van der Waals surface area contributed by atoms with Crippen LogP contribution >= 0.6 is 0 Å². The molecule has 0 radical (unpaired) electrons. The summed E-state index contributed by atoms with van der Waals surface area (Å²) in [6.07, 6.45) is 2.74. The van der Waals surface area contributed by atoms with Crippen molar-refractivity contribution in [3.05, 3.63) is 58.8 Å². The highest BCUT2D eigenvalue weighted by molar-refractivity contribution is 5.98. The third-order valence-electron chi connectivity index (χ3n) is 2.51. The van der Waals surface area contributed by atoms with Gasteiger partial charge in [-0.1, -0.05) is 12.1 Å². The molecule has 0 spiro atoms. The largest absolute Gasteiger partial charge is 0.496 e. The number of Topliss-reactive ketones (excluding diaryl/α,β-unsaturated/α-hetero) is 1. The maximum absolute atomic E-state index is 12.1. The number of carbonyl (C=O) groups excluding carboxylic acids is 1. The van der Waals surface area contributed by atoms with E-state index in [-0.39, 0.29) is 17.9 Å². The van der Waals surface area contributed by atoms with Gasteiger partial charge in [-0.2, -0.15) is 0 Å². The van der Waals surface area contributed by atoms with E-state index in [2.05, 4.69) is 4.98 Å². The predicted octanol–water partition coefficient (Wildman–Crippen LogP) is 1.13. The van der Waals surface area contributed by atoms with Crippen LogP contribution < -0.4 is 10.3 Å². The maximum atomic E-state index is 12.1. The fourth-order valence-electron chi connectivity index (χ4n) is 1.61. The van der Waals surface area contributed by atoms with Gasteiger partial charge in [0.15, 0.2) is 5.78 Å². The summed E-state index contributed by atoms with van der Waals surface area (Å²) in [5, 5.41) is 0. The molecule has 2 rings (SSSR count). The quantitative estimate of drug-likeness (QED) is 0.756. The predicted molar refractivity (Wildman–Crippen MR) is 65.8 cm³/mol. The third-order valence-corrected chi connectivity index (χ3v) is 2.51. The number of nitrogens with zero attached hydrogens (tertiary/aromatic N) is 2. The van der Waals surface area contributed by atoms with Gasteiger partial charge in [0.2, 0.25) is 0 Å². The number of hydrogen-bond acceptors (Lipinski definition) is 4. The van der Waals surface area contributed by atoms with Crippen molar-refractivity contribution in [3.63, 3.8) is 0 Å². The first-order chi connectivity index (χ1) is 8.72. The lowest BCUT2D eigenvalue weighted by atomic mass is 10.1. The Labute approximate surface area is 104 Å². The first kappa shape index (κ1) is 12.0. The van der Waals surface area contributed by atoms with Crippen molar-refractivity contribution in [2.45, 2.75) is 6.54 Å². The minimum atomic E-state index is -0.256. The van der Waals surface area contributed by atoms with E-state index in [4.69, 9.17) is 4.74 Å². The smallest absolute Gasteiger partial charge is 0.253 e. The Morgan fingerprint density at radius 2 is 2.11 bits per heavy atom. The van der Waals surface area contributed by atoms with E-state index in [1.807, 2.05) is 0 Å². The molecule has 0 N–H and O–H groups in total. The van der Waals surface area contributed by atoms with Crippen LogP contribution in [0.3, 0.4) is 0 Å². The van der Waals surface area contributed by atoms with Crippen LogP contribution in [0.15, 0.2) is 47.7 Å². The number of carbonyl (C=O) groups is 1. The molecule has 5 heteroatoms. The molecule has 0 aliphatic rings. The molecule has 0 atom stereocenters. The first-order valence-corrected chi connectivity index (χ1v) is 5.39. The fraction of sp³-hybridized carbons (Fsp3) is 0.154. The highest BCUT2D eigenvalue weighted by atomic mass is 16.5. The van der Waals surface area contributed by atoms with Gasteiger partial charge in [0.1, 0.15) is 5.75 Å². The molecule has 5 nitrogen and oxygen atoms in total. The molecular weight excluding hydrogens is 232 g/mol. The molecule has 0 saturated carbocycles. The molecule has 0 aliphatic carbocycles. The minimum absolute atomic E-state index is 0.0486. The number of ether oxygens (including phenoxy) is 1. The van der Waals surface area contributed by atoms with Crippen LogP contribution in [0.25, 0.3) is 0 Å². The summed E-state index contributed by atoms with van der Waals surface area (Å²) in [6.45, 7) is -0.0486. The maximum Gasteiger partial charge on any atom is 0.253 e. The van der Waals surface area contributed by atoms with Crippen LogP contribution in [0.5, 0.6) is 5.75 Å². The molecule has 0 aliphatic heterocycles. The molecule has 1 heterocycles. The lowest BCUT2D eigenvalue weighted by molar-refractivity contribution is 0.0967.